The lowest BCUT2D eigenvalue weighted by Crippen LogP contribution is -2.43. The molecule has 1 N–H and O–H groups in total. The smallest absolute Gasteiger partial charge is 0.245 e. The third kappa shape index (κ3) is 2.65. The normalized spacial score (nSPS) is 24.4. The van der Waals surface area contributed by atoms with Gasteiger partial charge in [-0.05, 0) is 26.2 Å². The van der Waals surface area contributed by atoms with Gasteiger partial charge in [0.05, 0.1) is 11.9 Å². The Morgan fingerprint density at radius 2 is 2.20 bits per heavy atom. The predicted molar refractivity (Wildman–Crippen MR) is 75.5 cm³/mol. The average Bonchev–Trinajstić information content (AvgIpc) is 3.08. The summed E-state index contributed by atoms with van der Waals surface area (Å²) in [6, 6.07) is 0.258. The van der Waals surface area contributed by atoms with E-state index in [0.717, 1.165) is 51.3 Å². The molecule has 20 heavy (non-hydrogen) atoms. The molecule has 110 valence electrons. The lowest BCUT2D eigenvalue weighted by molar-refractivity contribution is -0.131. The molecule has 3 rings (SSSR count). The Morgan fingerprint density at radius 1 is 1.40 bits per heavy atom. The van der Waals surface area contributed by atoms with Crippen LogP contribution in [0.3, 0.4) is 0 Å². The highest BCUT2D eigenvalue weighted by molar-refractivity contribution is 5.87. The lowest BCUT2D eigenvalue weighted by Gasteiger charge is -2.31. The zero-order valence-electron chi connectivity index (χ0n) is 11.9. The fraction of sp³-hybridized carbons (Fsp3) is 0.714. The molecule has 6 heteroatoms. The largest absolute Gasteiger partial charge is 0.381 e. The van der Waals surface area contributed by atoms with Crippen LogP contribution in [-0.4, -0.2) is 52.4 Å². The van der Waals surface area contributed by atoms with Crippen molar-refractivity contribution in [2.75, 3.05) is 25.1 Å². The van der Waals surface area contributed by atoms with Crippen LogP contribution < -0.4 is 5.32 Å². The van der Waals surface area contributed by atoms with Gasteiger partial charge >= 0.3 is 0 Å². The van der Waals surface area contributed by atoms with E-state index < -0.39 is 0 Å². The van der Waals surface area contributed by atoms with Crippen LogP contribution in [0.25, 0.3) is 0 Å². The first-order chi connectivity index (χ1) is 9.78. The van der Waals surface area contributed by atoms with Gasteiger partial charge in [-0.2, -0.15) is 5.10 Å². The number of aryl methyl sites for hydroxylation is 1. The Morgan fingerprint density at radius 3 is 2.90 bits per heavy atom. The second-order valence-corrected chi connectivity index (χ2v) is 5.45. The maximum atomic E-state index is 12.5. The monoisotopic (exact) mass is 278 g/mol. The Kier molecular flexibility index (Phi) is 3.91. The zero-order valence-corrected chi connectivity index (χ0v) is 11.9. The maximum Gasteiger partial charge on any atom is 0.245 e. The quantitative estimate of drug-likeness (QED) is 0.896. The van der Waals surface area contributed by atoms with Gasteiger partial charge < -0.3 is 15.0 Å². The standard InChI is InChI=1S/C14H22N4O2/c1-2-17-10-11(9-15-17)16-13-3-6-18(14(13)19)12-4-7-20-8-5-12/h9-10,12-13,16H,2-8H2,1H3. The molecule has 2 aliphatic rings. The predicted octanol–water partition coefficient (Wildman–Crippen LogP) is 1.09. The molecule has 2 saturated heterocycles. The van der Waals surface area contributed by atoms with Gasteiger partial charge in [0.2, 0.25) is 5.91 Å². The van der Waals surface area contributed by atoms with Gasteiger partial charge in [0, 0.05) is 38.5 Å². The number of hydrogen-bond donors (Lipinski definition) is 1. The van der Waals surface area contributed by atoms with Gasteiger partial charge in [-0.3, -0.25) is 9.48 Å². The minimum Gasteiger partial charge on any atom is -0.381 e. The SMILES string of the molecule is CCn1cc(NC2CCN(C3CCOCC3)C2=O)cn1. The molecule has 6 nitrogen and oxygen atoms in total. The first-order valence-corrected chi connectivity index (χ1v) is 7.45. The number of anilines is 1. The number of rotatable bonds is 4. The number of amides is 1. The summed E-state index contributed by atoms with van der Waals surface area (Å²) < 4.78 is 7.23. The molecule has 0 spiro atoms. The second-order valence-electron chi connectivity index (χ2n) is 5.45. The first-order valence-electron chi connectivity index (χ1n) is 7.45. The summed E-state index contributed by atoms with van der Waals surface area (Å²) in [4.78, 5) is 14.5. The molecule has 2 aliphatic heterocycles. The van der Waals surface area contributed by atoms with Crippen LogP contribution in [0.15, 0.2) is 12.4 Å². The van der Waals surface area contributed by atoms with Crippen molar-refractivity contribution in [3.05, 3.63) is 12.4 Å². The third-order valence-electron chi connectivity index (χ3n) is 4.17. The number of carbonyl (C=O) groups is 1. The Labute approximate surface area is 119 Å². The first kappa shape index (κ1) is 13.4. The summed E-state index contributed by atoms with van der Waals surface area (Å²) in [5.74, 6) is 0.223. The highest BCUT2D eigenvalue weighted by Crippen LogP contribution is 2.23. The number of carbonyl (C=O) groups excluding carboxylic acids is 1. The Balaban J connectivity index is 1.60. The summed E-state index contributed by atoms with van der Waals surface area (Å²) >= 11 is 0. The van der Waals surface area contributed by atoms with Crippen molar-refractivity contribution < 1.29 is 9.53 Å². The topological polar surface area (TPSA) is 59.4 Å². The molecule has 0 saturated carbocycles. The van der Waals surface area contributed by atoms with E-state index in [4.69, 9.17) is 4.74 Å². The van der Waals surface area contributed by atoms with Crippen LogP contribution in [0, 0.1) is 0 Å². The fourth-order valence-electron chi connectivity index (χ4n) is 3.01. The fourth-order valence-corrected chi connectivity index (χ4v) is 3.01. The van der Waals surface area contributed by atoms with E-state index in [1.165, 1.54) is 0 Å². The van der Waals surface area contributed by atoms with Crippen molar-refractivity contribution in [1.29, 1.82) is 0 Å². The van der Waals surface area contributed by atoms with Crippen molar-refractivity contribution in [2.24, 2.45) is 0 Å². The molecule has 2 fully saturated rings. The number of nitrogens with one attached hydrogen (secondary N) is 1. The highest BCUT2D eigenvalue weighted by atomic mass is 16.5. The molecular weight excluding hydrogens is 256 g/mol. The molecule has 3 heterocycles. The average molecular weight is 278 g/mol. The van der Waals surface area contributed by atoms with E-state index >= 15 is 0 Å². The van der Waals surface area contributed by atoms with E-state index in [0.29, 0.717) is 6.04 Å². The van der Waals surface area contributed by atoms with Crippen molar-refractivity contribution >= 4 is 11.6 Å². The second kappa shape index (κ2) is 5.83. The van der Waals surface area contributed by atoms with Crippen LogP contribution in [0.2, 0.25) is 0 Å². The molecule has 1 amide bonds. The van der Waals surface area contributed by atoms with E-state index in [1.807, 2.05) is 22.7 Å². The summed E-state index contributed by atoms with van der Waals surface area (Å²) in [7, 11) is 0. The van der Waals surface area contributed by atoms with Crippen molar-refractivity contribution in [1.82, 2.24) is 14.7 Å². The molecule has 1 aromatic rings. The molecule has 1 unspecified atom stereocenters. The minimum atomic E-state index is -0.104. The molecular formula is C14H22N4O2. The summed E-state index contributed by atoms with van der Waals surface area (Å²) in [5.41, 5.74) is 0.930. The van der Waals surface area contributed by atoms with E-state index in [9.17, 15) is 4.79 Å². The van der Waals surface area contributed by atoms with Crippen LogP contribution in [-0.2, 0) is 16.1 Å². The third-order valence-corrected chi connectivity index (χ3v) is 4.17. The summed E-state index contributed by atoms with van der Waals surface area (Å²) in [6.07, 6.45) is 6.53. The van der Waals surface area contributed by atoms with E-state index in [1.54, 1.807) is 6.20 Å². The maximum absolute atomic E-state index is 12.5. The van der Waals surface area contributed by atoms with Crippen molar-refractivity contribution in [2.45, 2.75) is 44.8 Å². The summed E-state index contributed by atoms with van der Waals surface area (Å²) in [5, 5.41) is 7.53. The van der Waals surface area contributed by atoms with Gasteiger partial charge in [0.15, 0.2) is 0 Å². The number of aromatic nitrogens is 2. The molecule has 1 atom stereocenters. The molecule has 0 radical (unpaired) electrons. The van der Waals surface area contributed by atoms with Gasteiger partial charge in [-0.1, -0.05) is 0 Å². The molecule has 0 bridgehead atoms. The van der Waals surface area contributed by atoms with Crippen LogP contribution in [0.1, 0.15) is 26.2 Å². The van der Waals surface area contributed by atoms with Gasteiger partial charge in [0.1, 0.15) is 6.04 Å². The van der Waals surface area contributed by atoms with Crippen molar-refractivity contribution in [3.8, 4) is 0 Å². The van der Waals surface area contributed by atoms with Gasteiger partial charge in [-0.25, -0.2) is 0 Å². The molecule has 0 aromatic carbocycles. The zero-order chi connectivity index (χ0) is 13.9. The van der Waals surface area contributed by atoms with E-state index in [2.05, 4.69) is 10.4 Å². The highest BCUT2D eigenvalue weighted by Gasteiger charge is 2.36. The number of ether oxygens (including phenoxy) is 1. The number of likely N-dealkylation sites (tertiary alicyclic amines) is 1. The van der Waals surface area contributed by atoms with Crippen LogP contribution in [0.4, 0.5) is 5.69 Å². The van der Waals surface area contributed by atoms with Crippen LogP contribution in [0.5, 0.6) is 0 Å². The van der Waals surface area contributed by atoms with Crippen LogP contribution >= 0.6 is 0 Å². The summed E-state index contributed by atoms with van der Waals surface area (Å²) in [6.45, 7) is 5.29. The van der Waals surface area contributed by atoms with Gasteiger partial charge in [-0.15, -0.1) is 0 Å². The van der Waals surface area contributed by atoms with Crippen molar-refractivity contribution in [3.63, 3.8) is 0 Å². The van der Waals surface area contributed by atoms with Gasteiger partial charge in [0.25, 0.3) is 0 Å². The van der Waals surface area contributed by atoms with E-state index in [-0.39, 0.29) is 11.9 Å². The Bertz CT molecular complexity index is 467. The minimum absolute atomic E-state index is 0.104. The number of nitrogens with zero attached hydrogens (tertiary/aromatic N) is 3. The number of hydrogen-bond acceptors (Lipinski definition) is 4. The molecule has 1 aromatic heterocycles. The Hall–Kier alpha value is -1.56. The molecule has 0 aliphatic carbocycles. The lowest BCUT2D eigenvalue weighted by atomic mass is 10.1.